The van der Waals surface area contributed by atoms with Crippen molar-refractivity contribution in [2.45, 2.75) is 0 Å². The number of anilines is 1. The largest absolute Gasteiger partial charge is 0.336 e. The second-order valence-electron chi connectivity index (χ2n) is 4.34. The number of aromatic nitrogens is 2. The van der Waals surface area contributed by atoms with E-state index in [1.807, 2.05) is 30.3 Å². The Labute approximate surface area is 115 Å². The summed E-state index contributed by atoms with van der Waals surface area (Å²) < 4.78 is 0. The van der Waals surface area contributed by atoms with Gasteiger partial charge in [-0.1, -0.05) is 0 Å². The van der Waals surface area contributed by atoms with Crippen molar-refractivity contribution in [2.24, 2.45) is 0 Å². The molecule has 1 N–H and O–H groups in total. The molecule has 1 aliphatic rings. The lowest BCUT2D eigenvalue weighted by atomic mass is 10.2. The number of amides is 2. The van der Waals surface area contributed by atoms with E-state index in [-0.39, 0.29) is 6.03 Å². The Morgan fingerprint density at radius 1 is 1.20 bits per heavy atom. The molecule has 3 rings (SSSR count). The fraction of sp³-hybridized carbons (Fsp3) is 0.143. The molecule has 6 nitrogen and oxygen atoms in total. The molecule has 0 aliphatic carbocycles. The van der Waals surface area contributed by atoms with Gasteiger partial charge in [-0.25, -0.2) is 14.8 Å². The average molecular weight is 265 g/mol. The Morgan fingerprint density at radius 3 is 2.45 bits per heavy atom. The van der Waals surface area contributed by atoms with Gasteiger partial charge in [-0.05, 0) is 24.3 Å². The molecular weight excluding hydrogens is 254 g/mol. The van der Waals surface area contributed by atoms with Crippen molar-refractivity contribution in [3.05, 3.63) is 42.2 Å². The molecule has 6 heteroatoms. The Hall–Kier alpha value is -2.94. The first-order chi connectivity index (χ1) is 9.78. The fourth-order valence-corrected chi connectivity index (χ4v) is 2.04. The molecule has 1 aliphatic heterocycles. The van der Waals surface area contributed by atoms with E-state index < -0.39 is 0 Å². The number of urea groups is 1. The van der Waals surface area contributed by atoms with E-state index in [0.717, 1.165) is 11.3 Å². The molecule has 1 aromatic carbocycles. The molecule has 1 saturated heterocycles. The molecule has 2 amide bonds. The Morgan fingerprint density at radius 2 is 1.90 bits per heavy atom. The lowest BCUT2D eigenvalue weighted by molar-refractivity contribution is 0.252. The highest BCUT2D eigenvalue weighted by molar-refractivity contribution is 5.94. The predicted octanol–water partition coefficient (Wildman–Crippen LogP) is 1.54. The number of rotatable bonds is 2. The predicted molar refractivity (Wildman–Crippen MR) is 72.9 cm³/mol. The molecule has 20 heavy (non-hydrogen) atoms. The van der Waals surface area contributed by atoms with E-state index in [2.05, 4.69) is 15.3 Å². The van der Waals surface area contributed by atoms with Crippen molar-refractivity contribution < 1.29 is 4.79 Å². The van der Waals surface area contributed by atoms with Crippen LogP contribution in [0, 0.1) is 11.3 Å². The van der Waals surface area contributed by atoms with Crippen molar-refractivity contribution in [3.8, 4) is 17.5 Å². The summed E-state index contributed by atoms with van der Waals surface area (Å²) >= 11 is 0. The molecule has 1 fully saturated rings. The number of carbonyl (C=O) groups is 1. The molecule has 0 bridgehead atoms. The summed E-state index contributed by atoms with van der Waals surface area (Å²) in [6, 6.07) is 9.36. The zero-order chi connectivity index (χ0) is 13.9. The summed E-state index contributed by atoms with van der Waals surface area (Å²) in [5.74, 6) is 0.557. The highest BCUT2D eigenvalue weighted by Crippen LogP contribution is 2.21. The minimum absolute atomic E-state index is 0.0765. The first kappa shape index (κ1) is 12.1. The number of nitriles is 1. The lowest BCUT2D eigenvalue weighted by Crippen LogP contribution is -2.27. The number of nitrogens with one attached hydrogen (secondary N) is 1. The van der Waals surface area contributed by atoms with E-state index >= 15 is 0 Å². The van der Waals surface area contributed by atoms with Gasteiger partial charge in [-0.15, -0.1) is 0 Å². The first-order valence-corrected chi connectivity index (χ1v) is 6.16. The van der Waals surface area contributed by atoms with Crippen LogP contribution >= 0.6 is 0 Å². The zero-order valence-electron chi connectivity index (χ0n) is 10.6. The van der Waals surface area contributed by atoms with Crippen LogP contribution in [0.25, 0.3) is 11.4 Å². The summed E-state index contributed by atoms with van der Waals surface area (Å²) in [6.45, 7) is 1.34. The van der Waals surface area contributed by atoms with E-state index in [0.29, 0.717) is 24.5 Å². The van der Waals surface area contributed by atoms with Crippen LogP contribution in [0.4, 0.5) is 10.5 Å². The number of nitrogens with zero attached hydrogens (tertiary/aromatic N) is 4. The molecule has 2 heterocycles. The minimum atomic E-state index is -0.0765. The van der Waals surface area contributed by atoms with Gasteiger partial charge in [0.05, 0.1) is 5.56 Å². The van der Waals surface area contributed by atoms with Crippen LogP contribution in [0.3, 0.4) is 0 Å². The molecule has 0 radical (unpaired) electrons. The van der Waals surface area contributed by atoms with Gasteiger partial charge >= 0.3 is 6.03 Å². The summed E-state index contributed by atoms with van der Waals surface area (Å²) in [6.07, 6.45) is 2.98. The average Bonchev–Trinajstić information content (AvgIpc) is 2.94. The monoisotopic (exact) mass is 265 g/mol. The molecule has 2 aromatic rings. The molecule has 98 valence electrons. The van der Waals surface area contributed by atoms with Crippen LogP contribution in [-0.2, 0) is 0 Å². The fourth-order valence-electron chi connectivity index (χ4n) is 2.04. The maximum Gasteiger partial charge on any atom is 0.321 e. The summed E-state index contributed by atoms with van der Waals surface area (Å²) in [5, 5.41) is 11.5. The number of hydrogen-bond acceptors (Lipinski definition) is 4. The van der Waals surface area contributed by atoms with Gasteiger partial charge in [0.15, 0.2) is 5.82 Å². The van der Waals surface area contributed by atoms with Gasteiger partial charge in [0.25, 0.3) is 0 Å². The summed E-state index contributed by atoms with van der Waals surface area (Å²) in [4.78, 5) is 21.5. The topological polar surface area (TPSA) is 81.9 Å². The van der Waals surface area contributed by atoms with Crippen LogP contribution in [0.5, 0.6) is 0 Å². The molecular formula is C14H11N5O. The van der Waals surface area contributed by atoms with Crippen LogP contribution in [0.1, 0.15) is 5.56 Å². The van der Waals surface area contributed by atoms with Crippen LogP contribution in [-0.4, -0.2) is 29.1 Å². The molecule has 0 saturated carbocycles. The Kier molecular flexibility index (Phi) is 3.01. The third-order valence-electron chi connectivity index (χ3n) is 3.07. The SMILES string of the molecule is N#Cc1cnc(-c2ccc(N3CCNC3=O)cc2)nc1. The van der Waals surface area contributed by atoms with Crippen LogP contribution in [0.15, 0.2) is 36.7 Å². The zero-order valence-corrected chi connectivity index (χ0v) is 10.6. The van der Waals surface area contributed by atoms with Crippen LogP contribution < -0.4 is 10.2 Å². The van der Waals surface area contributed by atoms with Gasteiger partial charge in [0.1, 0.15) is 6.07 Å². The lowest BCUT2D eigenvalue weighted by Gasteiger charge is -2.14. The molecule has 0 unspecified atom stereocenters. The van der Waals surface area contributed by atoms with E-state index in [9.17, 15) is 4.79 Å². The van der Waals surface area contributed by atoms with E-state index in [1.165, 1.54) is 12.4 Å². The van der Waals surface area contributed by atoms with E-state index in [4.69, 9.17) is 5.26 Å². The summed E-state index contributed by atoms with van der Waals surface area (Å²) in [7, 11) is 0. The second kappa shape index (κ2) is 4.97. The number of hydrogen-bond donors (Lipinski definition) is 1. The highest BCUT2D eigenvalue weighted by atomic mass is 16.2. The second-order valence-corrected chi connectivity index (χ2v) is 4.34. The van der Waals surface area contributed by atoms with Gasteiger partial charge in [-0.2, -0.15) is 5.26 Å². The van der Waals surface area contributed by atoms with Crippen molar-refractivity contribution >= 4 is 11.7 Å². The third-order valence-corrected chi connectivity index (χ3v) is 3.07. The van der Waals surface area contributed by atoms with Crippen molar-refractivity contribution in [1.82, 2.24) is 15.3 Å². The minimum Gasteiger partial charge on any atom is -0.336 e. The summed E-state index contributed by atoms with van der Waals surface area (Å²) in [5.41, 5.74) is 2.12. The standard InChI is InChI=1S/C14H11N5O/c15-7-10-8-17-13(18-9-10)11-1-3-12(4-2-11)19-6-5-16-14(19)20/h1-4,8-9H,5-6H2,(H,16,20). The maximum atomic E-state index is 11.6. The quantitative estimate of drug-likeness (QED) is 0.893. The number of benzene rings is 1. The number of carbonyl (C=O) groups excluding carboxylic acids is 1. The first-order valence-electron chi connectivity index (χ1n) is 6.16. The van der Waals surface area contributed by atoms with Crippen LogP contribution in [0.2, 0.25) is 0 Å². The molecule has 0 atom stereocenters. The third kappa shape index (κ3) is 2.17. The Balaban J connectivity index is 1.85. The highest BCUT2D eigenvalue weighted by Gasteiger charge is 2.20. The van der Waals surface area contributed by atoms with E-state index in [1.54, 1.807) is 4.90 Å². The van der Waals surface area contributed by atoms with Gasteiger partial charge in [0.2, 0.25) is 0 Å². The molecule has 1 aromatic heterocycles. The van der Waals surface area contributed by atoms with Crippen molar-refractivity contribution in [1.29, 1.82) is 5.26 Å². The Bertz CT molecular complexity index is 672. The van der Waals surface area contributed by atoms with Gasteiger partial charge < -0.3 is 5.32 Å². The van der Waals surface area contributed by atoms with Crippen molar-refractivity contribution in [3.63, 3.8) is 0 Å². The van der Waals surface area contributed by atoms with Crippen molar-refractivity contribution in [2.75, 3.05) is 18.0 Å². The normalized spacial score (nSPS) is 13.9. The maximum absolute atomic E-state index is 11.6. The van der Waals surface area contributed by atoms with Gasteiger partial charge in [0, 0.05) is 36.7 Å². The molecule has 0 spiro atoms. The van der Waals surface area contributed by atoms with Gasteiger partial charge in [-0.3, -0.25) is 4.90 Å². The smallest absolute Gasteiger partial charge is 0.321 e.